The maximum atomic E-state index is 6.29. The Balaban J connectivity index is 2.26. The van der Waals surface area contributed by atoms with Crippen LogP contribution in [-0.4, -0.2) is 16.2 Å². The van der Waals surface area contributed by atoms with Gasteiger partial charge in [-0.3, -0.25) is 4.99 Å². The van der Waals surface area contributed by atoms with E-state index < -0.39 is 0 Å². The van der Waals surface area contributed by atoms with Crippen molar-refractivity contribution in [2.75, 3.05) is 5.73 Å². The standard InChI is InChI=1S/C23H36N4/c1-8-22(6,9-2)16(5)25-13-12-17-14-19-20(15-18(17)24)27-21(26-19)23(7,10-3)11-4/h13-15H,5,8-12,24H2,1-4,6-7H3,(H,26,27). The van der Waals surface area contributed by atoms with E-state index in [4.69, 9.17) is 10.7 Å². The first-order valence-electron chi connectivity index (χ1n) is 10.2. The van der Waals surface area contributed by atoms with Crippen LogP contribution in [0.1, 0.15) is 78.6 Å². The van der Waals surface area contributed by atoms with Gasteiger partial charge < -0.3 is 10.7 Å². The summed E-state index contributed by atoms with van der Waals surface area (Å²) < 4.78 is 0. The maximum absolute atomic E-state index is 6.29. The summed E-state index contributed by atoms with van der Waals surface area (Å²) in [5.74, 6) is 1.04. The van der Waals surface area contributed by atoms with Crippen LogP contribution in [-0.2, 0) is 11.8 Å². The summed E-state index contributed by atoms with van der Waals surface area (Å²) in [5, 5.41) is 0. The number of rotatable bonds is 9. The summed E-state index contributed by atoms with van der Waals surface area (Å²) in [6.45, 7) is 17.4. The molecule has 148 valence electrons. The van der Waals surface area contributed by atoms with Crippen LogP contribution in [0.25, 0.3) is 11.0 Å². The first-order valence-corrected chi connectivity index (χ1v) is 10.2. The Morgan fingerprint density at radius 1 is 1.15 bits per heavy atom. The summed E-state index contributed by atoms with van der Waals surface area (Å²) in [6.07, 6.45) is 6.80. The van der Waals surface area contributed by atoms with Gasteiger partial charge in [0.15, 0.2) is 0 Å². The van der Waals surface area contributed by atoms with E-state index in [0.29, 0.717) is 6.42 Å². The molecule has 4 heteroatoms. The van der Waals surface area contributed by atoms with Crippen LogP contribution in [0.3, 0.4) is 0 Å². The number of allylic oxidation sites excluding steroid dienone is 1. The predicted molar refractivity (Wildman–Crippen MR) is 118 cm³/mol. The van der Waals surface area contributed by atoms with Crippen molar-refractivity contribution in [1.82, 2.24) is 9.97 Å². The van der Waals surface area contributed by atoms with E-state index in [9.17, 15) is 0 Å². The third-order valence-electron chi connectivity index (χ3n) is 6.69. The van der Waals surface area contributed by atoms with Gasteiger partial charge in [-0.1, -0.05) is 48.1 Å². The van der Waals surface area contributed by atoms with E-state index in [2.05, 4.69) is 64.2 Å². The highest BCUT2D eigenvalue weighted by Crippen LogP contribution is 2.34. The molecular weight excluding hydrogens is 332 g/mol. The van der Waals surface area contributed by atoms with Crippen LogP contribution in [0.2, 0.25) is 0 Å². The summed E-state index contributed by atoms with van der Waals surface area (Å²) in [5.41, 5.74) is 11.2. The van der Waals surface area contributed by atoms with Crippen LogP contribution < -0.4 is 5.73 Å². The molecule has 0 aliphatic rings. The largest absolute Gasteiger partial charge is 0.398 e. The Morgan fingerprint density at radius 2 is 1.78 bits per heavy atom. The van der Waals surface area contributed by atoms with E-state index in [1.54, 1.807) is 0 Å². The Labute approximate surface area is 164 Å². The van der Waals surface area contributed by atoms with Gasteiger partial charge in [-0.05, 0) is 43.4 Å². The normalized spacial score (nSPS) is 13.0. The van der Waals surface area contributed by atoms with E-state index >= 15 is 0 Å². The second kappa shape index (κ2) is 8.28. The molecule has 27 heavy (non-hydrogen) atoms. The number of hydrogen-bond acceptors (Lipinski definition) is 3. The number of anilines is 1. The second-order valence-electron chi connectivity index (χ2n) is 8.15. The molecule has 0 bridgehead atoms. The quantitative estimate of drug-likeness (QED) is 0.410. The maximum Gasteiger partial charge on any atom is 0.113 e. The molecule has 1 aromatic heterocycles. The van der Waals surface area contributed by atoms with Gasteiger partial charge in [-0.25, -0.2) is 4.98 Å². The average molecular weight is 369 g/mol. The highest BCUT2D eigenvalue weighted by molar-refractivity contribution is 5.82. The van der Waals surface area contributed by atoms with Crippen molar-refractivity contribution in [3.8, 4) is 0 Å². The number of aliphatic imine (C=N–C) groups is 1. The highest BCUT2D eigenvalue weighted by Gasteiger charge is 2.26. The molecule has 0 atom stereocenters. The van der Waals surface area contributed by atoms with Gasteiger partial charge in [-0.15, -0.1) is 0 Å². The number of imidazole rings is 1. The van der Waals surface area contributed by atoms with E-state index in [1.807, 2.05) is 12.3 Å². The van der Waals surface area contributed by atoms with Crippen molar-refractivity contribution in [3.63, 3.8) is 0 Å². The molecule has 0 saturated heterocycles. The number of aromatic nitrogens is 2. The summed E-state index contributed by atoms with van der Waals surface area (Å²) in [6, 6.07) is 4.09. The molecule has 2 aromatic rings. The van der Waals surface area contributed by atoms with Gasteiger partial charge in [0.1, 0.15) is 5.82 Å². The van der Waals surface area contributed by atoms with E-state index in [0.717, 1.165) is 59.5 Å². The molecule has 0 spiro atoms. The molecule has 0 aliphatic carbocycles. The fraction of sp³-hybridized carbons (Fsp3) is 0.565. The van der Waals surface area contributed by atoms with Gasteiger partial charge in [0.25, 0.3) is 0 Å². The van der Waals surface area contributed by atoms with Crippen molar-refractivity contribution in [2.24, 2.45) is 10.4 Å². The molecule has 0 fully saturated rings. The van der Waals surface area contributed by atoms with E-state index in [-0.39, 0.29) is 10.8 Å². The molecule has 0 unspecified atom stereocenters. The minimum Gasteiger partial charge on any atom is -0.398 e. The molecule has 1 aromatic carbocycles. The number of nitrogens with two attached hydrogens (primary N) is 1. The third-order valence-corrected chi connectivity index (χ3v) is 6.69. The van der Waals surface area contributed by atoms with Crippen molar-refractivity contribution in [3.05, 3.63) is 35.8 Å². The lowest BCUT2D eigenvalue weighted by atomic mass is 9.82. The van der Waals surface area contributed by atoms with Gasteiger partial charge in [0.05, 0.1) is 11.0 Å². The van der Waals surface area contributed by atoms with Crippen LogP contribution >= 0.6 is 0 Å². The Hall–Kier alpha value is -2.10. The van der Waals surface area contributed by atoms with Crippen LogP contribution in [0.15, 0.2) is 29.4 Å². The Kier molecular flexibility index (Phi) is 6.50. The van der Waals surface area contributed by atoms with Crippen LogP contribution in [0, 0.1) is 5.41 Å². The first kappa shape index (κ1) is 21.2. The van der Waals surface area contributed by atoms with Gasteiger partial charge in [0, 0.05) is 34.8 Å². The predicted octanol–water partition coefficient (Wildman–Crippen LogP) is 6.18. The number of benzene rings is 1. The number of nitrogens with one attached hydrogen (secondary N) is 1. The smallest absolute Gasteiger partial charge is 0.113 e. The molecule has 0 saturated carbocycles. The minimum atomic E-state index is 0.0645. The van der Waals surface area contributed by atoms with Crippen molar-refractivity contribution in [1.29, 1.82) is 0 Å². The highest BCUT2D eigenvalue weighted by atomic mass is 14.9. The molecule has 2 rings (SSSR count). The van der Waals surface area contributed by atoms with Crippen LogP contribution in [0.4, 0.5) is 5.69 Å². The number of H-pyrrole nitrogens is 1. The zero-order valence-electron chi connectivity index (χ0n) is 17.9. The molecule has 3 N–H and O–H groups in total. The second-order valence-corrected chi connectivity index (χ2v) is 8.15. The third kappa shape index (κ3) is 4.26. The molecule has 0 radical (unpaired) electrons. The zero-order valence-corrected chi connectivity index (χ0v) is 17.9. The zero-order chi connectivity index (χ0) is 20.2. The fourth-order valence-electron chi connectivity index (χ4n) is 3.23. The number of fused-ring (bicyclic) bond motifs is 1. The lowest BCUT2D eigenvalue weighted by Gasteiger charge is -2.26. The summed E-state index contributed by atoms with van der Waals surface area (Å²) in [7, 11) is 0. The van der Waals surface area contributed by atoms with Gasteiger partial charge in [0.2, 0.25) is 0 Å². The monoisotopic (exact) mass is 368 g/mol. The molecular formula is C23H36N4. The molecule has 0 amide bonds. The van der Waals surface area contributed by atoms with Crippen LogP contribution in [0.5, 0.6) is 0 Å². The number of hydrogen-bond donors (Lipinski definition) is 2. The molecule has 0 aliphatic heterocycles. The van der Waals surface area contributed by atoms with Crippen molar-refractivity contribution in [2.45, 2.75) is 79.1 Å². The molecule has 4 nitrogen and oxygen atoms in total. The number of nitrogen functional groups attached to an aromatic ring is 1. The summed E-state index contributed by atoms with van der Waals surface area (Å²) >= 11 is 0. The first-order chi connectivity index (χ1) is 12.7. The lowest BCUT2D eigenvalue weighted by molar-refractivity contribution is 0.366. The van der Waals surface area contributed by atoms with E-state index in [1.165, 1.54) is 0 Å². The fourth-order valence-corrected chi connectivity index (χ4v) is 3.23. The Bertz CT molecular complexity index is 820. The lowest BCUT2D eigenvalue weighted by Crippen LogP contribution is -2.21. The number of nitrogens with zero attached hydrogens (tertiary/aromatic N) is 2. The summed E-state index contributed by atoms with van der Waals surface area (Å²) in [4.78, 5) is 13.0. The van der Waals surface area contributed by atoms with Gasteiger partial charge >= 0.3 is 0 Å². The minimum absolute atomic E-state index is 0.0645. The Morgan fingerprint density at radius 3 is 2.33 bits per heavy atom. The van der Waals surface area contributed by atoms with Gasteiger partial charge in [-0.2, -0.15) is 0 Å². The van der Waals surface area contributed by atoms with Crippen molar-refractivity contribution < 1.29 is 0 Å². The molecule has 1 heterocycles. The number of aromatic amines is 1. The topological polar surface area (TPSA) is 67.1 Å². The van der Waals surface area contributed by atoms with Crippen molar-refractivity contribution >= 4 is 22.9 Å². The average Bonchev–Trinajstić information content (AvgIpc) is 3.09. The SMILES string of the molecule is C=C(N=CCc1cc2[nH]c(C(C)(CC)CC)nc2cc1N)C(C)(CC)CC.